The van der Waals surface area contributed by atoms with E-state index in [4.69, 9.17) is 27.9 Å². The van der Waals surface area contributed by atoms with Gasteiger partial charge in [-0.3, -0.25) is 10.1 Å². The maximum atomic E-state index is 13.5. The number of methoxy groups -OCH3 is 1. The number of likely N-dealkylation sites (tertiary alicyclic amines) is 1. The molecule has 14 nitrogen and oxygen atoms in total. The number of nitrogens with one attached hydrogen (secondary N) is 2. The molecule has 0 radical (unpaired) electrons. The Morgan fingerprint density at radius 3 is 2.58 bits per heavy atom. The van der Waals surface area contributed by atoms with E-state index in [1.165, 1.54) is 24.2 Å². The first-order valence-electron chi connectivity index (χ1n) is 16.2. The van der Waals surface area contributed by atoms with Crippen LogP contribution in [-0.2, 0) is 20.9 Å². The molecule has 2 N–H and O–H groups in total. The lowest BCUT2D eigenvalue weighted by Crippen LogP contribution is -2.32. The molecule has 1 aliphatic rings. The second-order valence-electron chi connectivity index (χ2n) is 11.9. The number of nitrogens with zero attached hydrogens (tertiary/aromatic N) is 7. The Hall–Kier alpha value is -5.86. The minimum Gasteiger partial charge on any atom is -0.453 e. The molecule has 5 aromatic rings. The number of aromatic nitrogens is 6. The summed E-state index contributed by atoms with van der Waals surface area (Å²) in [6, 6.07) is 22.8. The molecular weight excluding hydrogens is 709 g/mol. The number of rotatable bonds is 11. The van der Waals surface area contributed by atoms with Crippen molar-refractivity contribution < 1.29 is 23.9 Å². The number of tetrazole rings is 1. The summed E-state index contributed by atoms with van der Waals surface area (Å²) >= 11 is 12.8. The van der Waals surface area contributed by atoms with Gasteiger partial charge in [0.15, 0.2) is 5.15 Å². The number of halogens is 2. The average Bonchev–Trinajstić information content (AvgIpc) is 3.87. The summed E-state index contributed by atoms with van der Waals surface area (Å²) in [5.74, 6) is -0.385. The fourth-order valence-electron chi connectivity index (χ4n) is 5.78. The van der Waals surface area contributed by atoms with E-state index in [0.29, 0.717) is 64.7 Å². The molecule has 3 heterocycles. The smallest absolute Gasteiger partial charge is 0.411 e. The van der Waals surface area contributed by atoms with E-state index < -0.39 is 24.1 Å². The highest BCUT2D eigenvalue weighted by atomic mass is 35.5. The maximum Gasteiger partial charge on any atom is 0.411 e. The van der Waals surface area contributed by atoms with E-state index in [-0.39, 0.29) is 17.7 Å². The van der Waals surface area contributed by atoms with Crippen LogP contribution < -0.4 is 10.6 Å². The van der Waals surface area contributed by atoms with Crippen LogP contribution in [0.2, 0.25) is 10.2 Å². The van der Waals surface area contributed by atoms with E-state index in [2.05, 4.69) is 41.1 Å². The van der Waals surface area contributed by atoms with Crippen LogP contribution in [0, 0.1) is 5.92 Å². The number of amides is 3. The third-order valence-corrected chi connectivity index (χ3v) is 8.90. The quantitative estimate of drug-likeness (QED) is 0.142. The molecule has 2 unspecified atom stereocenters. The van der Waals surface area contributed by atoms with E-state index >= 15 is 0 Å². The van der Waals surface area contributed by atoms with Crippen molar-refractivity contribution in [2.24, 2.45) is 5.92 Å². The normalized spacial score (nSPS) is 14.6. The highest BCUT2D eigenvalue weighted by Gasteiger charge is 2.31. The topological polar surface area (TPSA) is 166 Å². The molecule has 2 aromatic heterocycles. The number of benzene rings is 3. The molecule has 1 aliphatic heterocycles. The number of carbonyl (C=O) groups excluding carboxylic acids is 3. The van der Waals surface area contributed by atoms with E-state index in [1.54, 1.807) is 59.5 Å². The highest BCUT2D eigenvalue weighted by molar-refractivity contribution is 6.32. The monoisotopic (exact) mass is 741 g/mol. The van der Waals surface area contributed by atoms with E-state index in [1.807, 2.05) is 30.3 Å². The minimum absolute atomic E-state index is 0.0162. The Kier molecular flexibility index (Phi) is 11.7. The third kappa shape index (κ3) is 9.27. The summed E-state index contributed by atoms with van der Waals surface area (Å²) in [4.78, 5) is 39.8. The van der Waals surface area contributed by atoms with Crippen molar-refractivity contribution in [2.75, 3.05) is 25.5 Å². The number of hydrogen-bond acceptors (Lipinski definition) is 10. The van der Waals surface area contributed by atoms with Crippen LogP contribution >= 0.6 is 23.2 Å². The molecule has 52 heavy (non-hydrogen) atoms. The number of anilines is 1. The number of hydrogen-bond donors (Lipinski definition) is 2. The van der Waals surface area contributed by atoms with Crippen molar-refractivity contribution in [3.63, 3.8) is 0 Å². The lowest BCUT2D eigenvalue weighted by atomic mass is 9.95. The minimum atomic E-state index is -0.607. The highest BCUT2D eigenvalue weighted by Crippen LogP contribution is 2.32. The van der Waals surface area contributed by atoms with Gasteiger partial charge in [0.1, 0.15) is 12.9 Å². The third-order valence-electron chi connectivity index (χ3n) is 8.39. The lowest BCUT2D eigenvalue weighted by Gasteiger charge is -2.22. The molecule has 16 heteroatoms. The van der Waals surface area contributed by atoms with Gasteiger partial charge < -0.3 is 19.7 Å². The van der Waals surface area contributed by atoms with Gasteiger partial charge in [0.05, 0.1) is 24.5 Å². The van der Waals surface area contributed by atoms with Crippen molar-refractivity contribution in [1.82, 2.24) is 40.6 Å². The zero-order valence-electron chi connectivity index (χ0n) is 27.9. The van der Waals surface area contributed by atoms with Crippen LogP contribution in [0.4, 0.5) is 15.3 Å². The Balaban J connectivity index is 1.22. The number of ether oxygens (including phenoxy) is 2. The van der Waals surface area contributed by atoms with Crippen LogP contribution in [0.3, 0.4) is 0 Å². The summed E-state index contributed by atoms with van der Waals surface area (Å²) in [6.45, 7) is 1.13. The van der Waals surface area contributed by atoms with Gasteiger partial charge in [0.25, 0.3) is 0 Å². The summed E-state index contributed by atoms with van der Waals surface area (Å²) in [6.07, 6.45) is 4.62. The second kappa shape index (κ2) is 16.9. The average molecular weight is 743 g/mol. The van der Waals surface area contributed by atoms with Crippen molar-refractivity contribution >= 4 is 53.1 Å². The molecule has 2 atom stereocenters. The first-order chi connectivity index (χ1) is 25.2. The summed E-state index contributed by atoms with van der Waals surface area (Å²) in [5.41, 5.74) is 4.44. The Morgan fingerprint density at radius 2 is 1.83 bits per heavy atom. The van der Waals surface area contributed by atoms with Gasteiger partial charge in [0.2, 0.25) is 5.91 Å². The van der Waals surface area contributed by atoms with E-state index in [0.717, 1.165) is 5.56 Å². The molecule has 3 aromatic carbocycles. The summed E-state index contributed by atoms with van der Waals surface area (Å²) < 4.78 is 11.7. The van der Waals surface area contributed by atoms with Crippen LogP contribution in [0.1, 0.15) is 35.7 Å². The van der Waals surface area contributed by atoms with Crippen molar-refractivity contribution in [3.8, 4) is 16.8 Å². The van der Waals surface area contributed by atoms with Crippen molar-refractivity contribution in [1.29, 1.82) is 0 Å². The molecule has 0 aliphatic carbocycles. The van der Waals surface area contributed by atoms with Crippen LogP contribution in [0.15, 0.2) is 91.3 Å². The van der Waals surface area contributed by atoms with Gasteiger partial charge >= 0.3 is 12.2 Å². The standard InChI is InChI=1S/C36H33Cl2N9O5/c1-51-35(49)40-28-11-7-25(8-12-28)29-19-31(42-43-34(29)38)30(17-24-15-16-46(20-24)36(50)52-21-23-5-3-2-4-6-23)41-33(48)14-9-26-18-27(37)10-13-32(26)47-22-39-44-45-47/h2-14,18-19,22,24,30H,15-17,20-21H2,1H3,(H,40,49)(H,41,48). The summed E-state index contributed by atoms with van der Waals surface area (Å²) in [5, 5.41) is 26.3. The van der Waals surface area contributed by atoms with Gasteiger partial charge in [-0.15, -0.1) is 10.2 Å². The molecule has 6 rings (SSSR count). The van der Waals surface area contributed by atoms with Crippen molar-refractivity contribution in [3.05, 3.63) is 118 Å². The molecular formula is C36H33Cl2N9O5. The Labute approximate surface area is 308 Å². The Bertz CT molecular complexity index is 2050. The zero-order valence-corrected chi connectivity index (χ0v) is 29.4. The molecule has 1 saturated heterocycles. The fraction of sp³-hybridized carbons (Fsp3) is 0.222. The first-order valence-corrected chi connectivity index (χ1v) is 17.0. The fourth-order valence-corrected chi connectivity index (χ4v) is 6.16. The zero-order chi connectivity index (χ0) is 36.5. The van der Waals surface area contributed by atoms with Crippen molar-refractivity contribution in [2.45, 2.75) is 25.5 Å². The van der Waals surface area contributed by atoms with Gasteiger partial charge in [-0.2, -0.15) is 9.78 Å². The molecule has 3 amide bonds. The molecule has 0 spiro atoms. The van der Waals surface area contributed by atoms with Crippen LogP contribution in [0.5, 0.6) is 0 Å². The molecule has 0 bridgehead atoms. The molecule has 266 valence electrons. The lowest BCUT2D eigenvalue weighted by molar-refractivity contribution is -0.117. The SMILES string of the molecule is COC(=O)Nc1ccc(-c2cc(C(CC3CCN(C(=O)OCc4ccccc4)C3)NC(=O)C=Cc3cc(Cl)ccc3-n3cnnn3)nnc2Cl)cc1. The molecule has 1 fully saturated rings. The van der Waals surface area contributed by atoms with Gasteiger partial charge in [0, 0.05) is 41.0 Å². The van der Waals surface area contributed by atoms with Gasteiger partial charge in [-0.25, -0.2) is 9.59 Å². The first kappa shape index (κ1) is 35.9. The Morgan fingerprint density at radius 1 is 1.02 bits per heavy atom. The predicted octanol–water partition coefficient (Wildman–Crippen LogP) is 6.52. The van der Waals surface area contributed by atoms with Gasteiger partial charge in [-0.1, -0.05) is 65.7 Å². The number of carbonyl (C=O) groups is 3. The van der Waals surface area contributed by atoms with Crippen LogP contribution in [0.25, 0.3) is 22.9 Å². The predicted molar refractivity (Wildman–Crippen MR) is 194 cm³/mol. The summed E-state index contributed by atoms with van der Waals surface area (Å²) in [7, 11) is 1.28. The second-order valence-corrected chi connectivity index (χ2v) is 12.7. The largest absolute Gasteiger partial charge is 0.453 e. The maximum absolute atomic E-state index is 13.5. The van der Waals surface area contributed by atoms with Gasteiger partial charge in [-0.05, 0) is 82.8 Å². The molecule has 0 saturated carbocycles. The van der Waals surface area contributed by atoms with Crippen LogP contribution in [-0.4, -0.2) is 73.6 Å². The van der Waals surface area contributed by atoms with E-state index in [9.17, 15) is 14.4 Å².